The number of aliphatic carboxylic acids is 1. The maximum atomic E-state index is 11.7. The lowest BCUT2D eigenvalue weighted by Gasteiger charge is -2.31. The summed E-state index contributed by atoms with van der Waals surface area (Å²) in [6, 6.07) is 0. The molecule has 0 aliphatic heterocycles. The molecule has 0 saturated carbocycles. The van der Waals surface area contributed by atoms with E-state index < -0.39 is 11.9 Å². The second-order valence-electron chi connectivity index (χ2n) is 5.23. The molecule has 0 aliphatic carbocycles. The van der Waals surface area contributed by atoms with Crippen molar-refractivity contribution < 1.29 is 19.2 Å². The largest absolute Gasteiger partial charge is 0.481 e. The summed E-state index contributed by atoms with van der Waals surface area (Å²) in [5.74, 6) is -2.62. The van der Waals surface area contributed by atoms with Crippen LogP contribution in [0.3, 0.4) is 0 Å². The molecular formula is C11H21ClNO3+. The maximum absolute atomic E-state index is 11.7. The lowest BCUT2D eigenvalue weighted by molar-refractivity contribution is -0.883. The molecule has 94 valence electrons. The van der Waals surface area contributed by atoms with Gasteiger partial charge >= 0.3 is 5.97 Å². The summed E-state index contributed by atoms with van der Waals surface area (Å²) >= 11 is 6.10. The highest BCUT2D eigenvalue weighted by Crippen LogP contribution is 2.21. The number of hydrogen-bond donors (Lipinski definition) is 1. The van der Waals surface area contributed by atoms with Crippen LogP contribution < -0.4 is 0 Å². The molecule has 0 amide bonds. The predicted octanol–water partition coefficient (Wildman–Crippen LogP) is 1.57. The summed E-state index contributed by atoms with van der Waals surface area (Å²) in [6.07, 6.45) is 0.164. The molecule has 0 heterocycles. The number of carboxylic acids is 1. The third-order valence-corrected chi connectivity index (χ3v) is 3.24. The van der Waals surface area contributed by atoms with Gasteiger partial charge in [0, 0.05) is 12.3 Å². The van der Waals surface area contributed by atoms with Gasteiger partial charge in [-0.15, -0.1) is 0 Å². The standard InChI is InChI=1S/C11H20ClNO3/c1-7(2)10(14)8(11(15)16)6-9(12)13(3,4)5/h7-9H,6H2,1-5H3/p+1/t8-,9+/m1/s1. The number of ketones is 1. The summed E-state index contributed by atoms with van der Waals surface area (Å²) in [4.78, 5) is 22.7. The molecule has 0 unspecified atom stereocenters. The van der Waals surface area contributed by atoms with Crippen LogP contribution in [-0.4, -0.2) is 48.0 Å². The minimum atomic E-state index is -1.09. The molecule has 2 atom stereocenters. The SMILES string of the molecule is CC(C)C(=O)[C@@H](C[C@@H](Cl)[N+](C)(C)C)C(=O)O. The van der Waals surface area contributed by atoms with Crippen molar-refractivity contribution >= 4 is 23.4 Å². The zero-order valence-corrected chi connectivity index (χ0v) is 11.3. The van der Waals surface area contributed by atoms with Crippen molar-refractivity contribution in [3.63, 3.8) is 0 Å². The van der Waals surface area contributed by atoms with Crippen LogP contribution in [-0.2, 0) is 9.59 Å². The van der Waals surface area contributed by atoms with Gasteiger partial charge in [-0.05, 0) is 0 Å². The Kier molecular flexibility index (Phi) is 5.42. The van der Waals surface area contributed by atoms with E-state index >= 15 is 0 Å². The van der Waals surface area contributed by atoms with Crippen LogP contribution in [0.4, 0.5) is 0 Å². The van der Waals surface area contributed by atoms with Gasteiger partial charge in [-0.2, -0.15) is 0 Å². The molecule has 1 N–H and O–H groups in total. The van der Waals surface area contributed by atoms with Crippen LogP contribution in [0.1, 0.15) is 20.3 Å². The summed E-state index contributed by atoms with van der Waals surface area (Å²) in [5, 5.41) is 9.02. The highest BCUT2D eigenvalue weighted by Gasteiger charge is 2.34. The smallest absolute Gasteiger partial charge is 0.314 e. The molecule has 16 heavy (non-hydrogen) atoms. The van der Waals surface area contributed by atoms with Crippen LogP contribution in [0.15, 0.2) is 0 Å². The summed E-state index contributed by atoms with van der Waals surface area (Å²) in [5.41, 5.74) is -0.385. The van der Waals surface area contributed by atoms with E-state index in [-0.39, 0.29) is 23.6 Å². The number of carbonyl (C=O) groups excluding carboxylic acids is 1. The summed E-state index contributed by atoms with van der Waals surface area (Å²) < 4.78 is 0.427. The average Bonchev–Trinajstić information content (AvgIpc) is 2.10. The molecular weight excluding hydrogens is 230 g/mol. The normalized spacial score (nSPS) is 15.9. The summed E-state index contributed by atoms with van der Waals surface area (Å²) in [7, 11) is 5.61. The van der Waals surface area contributed by atoms with Crippen molar-refractivity contribution in [3.05, 3.63) is 0 Å². The molecule has 0 aromatic heterocycles. The van der Waals surface area contributed by atoms with E-state index in [9.17, 15) is 9.59 Å². The molecule has 0 saturated heterocycles. The van der Waals surface area contributed by atoms with Gasteiger partial charge in [-0.1, -0.05) is 25.4 Å². The number of carbonyl (C=O) groups is 2. The Morgan fingerprint density at radius 2 is 1.69 bits per heavy atom. The number of hydrogen-bond acceptors (Lipinski definition) is 2. The van der Waals surface area contributed by atoms with Crippen molar-refractivity contribution in [2.75, 3.05) is 21.1 Å². The summed E-state index contributed by atoms with van der Waals surface area (Å²) in [6.45, 7) is 3.40. The van der Waals surface area contributed by atoms with E-state index in [1.807, 2.05) is 21.1 Å². The Bertz CT molecular complexity index is 271. The van der Waals surface area contributed by atoms with Crippen LogP contribution >= 0.6 is 11.6 Å². The van der Waals surface area contributed by atoms with Gasteiger partial charge in [0.05, 0.1) is 21.1 Å². The van der Waals surface area contributed by atoms with E-state index in [1.54, 1.807) is 13.8 Å². The number of halogens is 1. The molecule has 0 spiro atoms. The zero-order chi connectivity index (χ0) is 13.1. The van der Waals surface area contributed by atoms with Crippen LogP contribution in [0, 0.1) is 11.8 Å². The van der Waals surface area contributed by atoms with Crippen molar-refractivity contribution in [3.8, 4) is 0 Å². The first kappa shape index (κ1) is 15.4. The van der Waals surface area contributed by atoms with Crippen molar-refractivity contribution in [1.29, 1.82) is 0 Å². The topological polar surface area (TPSA) is 54.4 Å². The predicted molar refractivity (Wildman–Crippen MR) is 63.3 cm³/mol. The highest BCUT2D eigenvalue weighted by molar-refractivity contribution is 6.20. The number of quaternary nitrogens is 1. The lowest BCUT2D eigenvalue weighted by atomic mass is 9.92. The first-order valence-corrected chi connectivity index (χ1v) is 5.72. The van der Waals surface area contributed by atoms with Gasteiger partial charge < -0.3 is 9.59 Å². The van der Waals surface area contributed by atoms with E-state index in [4.69, 9.17) is 16.7 Å². The van der Waals surface area contributed by atoms with Gasteiger partial charge in [0.25, 0.3) is 0 Å². The number of rotatable bonds is 6. The van der Waals surface area contributed by atoms with Crippen LogP contribution in [0.2, 0.25) is 0 Å². The fourth-order valence-corrected chi connectivity index (χ4v) is 1.43. The van der Waals surface area contributed by atoms with Gasteiger partial charge in [0.15, 0.2) is 5.50 Å². The second-order valence-corrected chi connectivity index (χ2v) is 5.74. The van der Waals surface area contributed by atoms with Crippen LogP contribution in [0.5, 0.6) is 0 Å². The molecule has 0 aromatic carbocycles. The van der Waals surface area contributed by atoms with E-state index in [1.165, 1.54) is 0 Å². The Morgan fingerprint density at radius 3 is 1.94 bits per heavy atom. The van der Waals surface area contributed by atoms with Gasteiger partial charge in [0.1, 0.15) is 11.7 Å². The van der Waals surface area contributed by atoms with E-state index in [2.05, 4.69) is 0 Å². The third kappa shape index (κ3) is 4.49. The minimum absolute atomic E-state index is 0.164. The number of nitrogens with zero attached hydrogens (tertiary/aromatic N) is 1. The average molecular weight is 251 g/mol. The van der Waals surface area contributed by atoms with E-state index in [0.717, 1.165) is 0 Å². The Labute approximate surface area is 102 Å². The zero-order valence-electron chi connectivity index (χ0n) is 10.5. The van der Waals surface area contributed by atoms with Gasteiger partial charge in [0.2, 0.25) is 0 Å². The van der Waals surface area contributed by atoms with Crippen molar-refractivity contribution in [2.45, 2.75) is 25.8 Å². The van der Waals surface area contributed by atoms with Gasteiger partial charge in [-0.25, -0.2) is 0 Å². The Balaban J connectivity index is 4.72. The first-order chi connectivity index (χ1) is 7.07. The maximum Gasteiger partial charge on any atom is 0.314 e. The fourth-order valence-electron chi connectivity index (χ4n) is 1.25. The molecule has 0 bridgehead atoms. The van der Waals surface area contributed by atoms with Crippen molar-refractivity contribution in [1.82, 2.24) is 0 Å². The molecule has 0 aliphatic rings. The molecule has 0 radical (unpaired) electrons. The second kappa shape index (κ2) is 5.64. The number of Topliss-reactive ketones (excluding diaryl/α,β-unsaturated/α-hetero) is 1. The Morgan fingerprint density at radius 1 is 1.25 bits per heavy atom. The molecule has 4 nitrogen and oxygen atoms in total. The monoisotopic (exact) mass is 250 g/mol. The quantitative estimate of drug-likeness (QED) is 0.337. The molecule has 0 fully saturated rings. The fraction of sp³-hybridized carbons (Fsp3) is 0.818. The molecule has 0 aromatic rings. The molecule has 0 rings (SSSR count). The van der Waals surface area contributed by atoms with Crippen LogP contribution in [0.25, 0.3) is 0 Å². The molecule has 5 heteroatoms. The number of carboxylic acid groups (broad SMARTS) is 1. The lowest BCUT2D eigenvalue weighted by Crippen LogP contribution is -2.44. The third-order valence-electron chi connectivity index (χ3n) is 2.48. The first-order valence-electron chi connectivity index (χ1n) is 5.29. The van der Waals surface area contributed by atoms with Gasteiger partial charge in [-0.3, -0.25) is 9.59 Å². The number of alkyl halides is 1. The van der Waals surface area contributed by atoms with Crippen molar-refractivity contribution in [2.24, 2.45) is 11.8 Å². The Hall–Kier alpha value is -0.610. The highest BCUT2D eigenvalue weighted by atomic mass is 35.5. The van der Waals surface area contributed by atoms with E-state index in [0.29, 0.717) is 4.48 Å². The minimum Gasteiger partial charge on any atom is -0.481 e.